The molecule has 0 bridgehead atoms. The highest BCUT2D eigenvalue weighted by molar-refractivity contribution is 5.70. The van der Waals surface area contributed by atoms with Crippen LogP contribution in [0.3, 0.4) is 0 Å². The quantitative estimate of drug-likeness (QED) is 0.416. The minimum atomic E-state index is -4.41. The molecule has 4 rings (SSSR count). The predicted octanol–water partition coefficient (Wildman–Crippen LogP) is 5.96. The Kier molecular flexibility index (Phi) is 4.97. The third-order valence-corrected chi connectivity index (χ3v) is 5.07. The standard InChI is InChI=1S/C23H20F3N3O/c1-4-18-22(16-8-9-20(30-3)14(2)10-16)29-13-19(27-12-21(29)28-18)15-6-5-7-17(11-15)23(24,25)26/h5-13H,4H2,1-3H3. The van der Waals surface area contributed by atoms with E-state index in [1.807, 2.05) is 36.4 Å². The number of aromatic nitrogens is 3. The molecule has 0 aliphatic carbocycles. The molecule has 0 aliphatic rings. The van der Waals surface area contributed by atoms with Gasteiger partial charge in [0.2, 0.25) is 0 Å². The van der Waals surface area contributed by atoms with E-state index in [1.54, 1.807) is 25.6 Å². The summed E-state index contributed by atoms with van der Waals surface area (Å²) in [5.74, 6) is 0.789. The highest BCUT2D eigenvalue weighted by atomic mass is 19.4. The van der Waals surface area contributed by atoms with Gasteiger partial charge in [-0.05, 0) is 49.2 Å². The highest BCUT2D eigenvalue weighted by Crippen LogP contribution is 2.33. The van der Waals surface area contributed by atoms with E-state index in [0.717, 1.165) is 40.4 Å². The Morgan fingerprint density at radius 1 is 1.07 bits per heavy atom. The monoisotopic (exact) mass is 411 g/mol. The van der Waals surface area contributed by atoms with Crippen molar-refractivity contribution >= 4 is 5.65 Å². The molecule has 30 heavy (non-hydrogen) atoms. The maximum absolute atomic E-state index is 13.1. The molecular formula is C23H20F3N3O. The molecule has 0 saturated carbocycles. The lowest BCUT2D eigenvalue weighted by Crippen LogP contribution is -2.04. The highest BCUT2D eigenvalue weighted by Gasteiger charge is 2.30. The average Bonchev–Trinajstić information content (AvgIpc) is 3.11. The van der Waals surface area contributed by atoms with E-state index in [4.69, 9.17) is 4.74 Å². The zero-order valence-corrected chi connectivity index (χ0v) is 16.8. The summed E-state index contributed by atoms with van der Waals surface area (Å²) in [5.41, 5.74) is 4.52. The Bertz CT molecular complexity index is 1230. The first kappa shape index (κ1) is 19.9. The second-order valence-electron chi connectivity index (χ2n) is 7.02. The molecule has 2 aromatic heterocycles. The lowest BCUT2D eigenvalue weighted by molar-refractivity contribution is -0.137. The molecule has 0 fully saturated rings. The first-order chi connectivity index (χ1) is 14.3. The summed E-state index contributed by atoms with van der Waals surface area (Å²) in [6, 6.07) is 11.1. The number of methoxy groups -OCH3 is 1. The molecule has 7 heteroatoms. The lowest BCUT2D eigenvalue weighted by atomic mass is 10.1. The SMILES string of the molecule is CCc1nc2cnc(-c3cccc(C(F)(F)F)c3)cn2c1-c1ccc(OC)c(C)c1. The number of alkyl halides is 3. The number of fused-ring (bicyclic) bond motifs is 1. The number of benzene rings is 2. The number of hydrogen-bond donors (Lipinski definition) is 0. The number of aryl methyl sites for hydroxylation is 2. The fourth-order valence-corrected chi connectivity index (χ4v) is 3.59. The van der Waals surface area contributed by atoms with Crippen molar-refractivity contribution < 1.29 is 17.9 Å². The van der Waals surface area contributed by atoms with Crippen LogP contribution in [0.1, 0.15) is 23.7 Å². The molecule has 2 aromatic carbocycles. The van der Waals surface area contributed by atoms with Gasteiger partial charge in [-0.25, -0.2) is 4.98 Å². The van der Waals surface area contributed by atoms with Gasteiger partial charge < -0.3 is 4.74 Å². The van der Waals surface area contributed by atoms with Gasteiger partial charge in [0, 0.05) is 17.3 Å². The third kappa shape index (κ3) is 3.51. The van der Waals surface area contributed by atoms with Crippen molar-refractivity contribution in [3.05, 3.63) is 71.7 Å². The summed E-state index contributed by atoms with van der Waals surface area (Å²) in [5, 5.41) is 0. The van der Waals surface area contributed by atoms with Crippen LogP contribution in [0.4, 0.5) is 13.2 Å². The van der Waals surface area contributed by atoms with Crippen molar-refractivity contribution in [1.82, 2.24) is 14.4 Å². The van der Waals surface area contributed by atoms with Gasteiger partial charge in [-0.1, -0.05) is 19.1 Å². The van der Waals surface area contributed by atoms with E-state index in [9.17, 15) is 13.2 Å². The average molecular weight is 411 g/mol. The second kappa shape index (κ2) is 7.48. The Morgan fingerprint density at radius 2 is 1.87 bits per heavy atom. The summed E-state index contributed by atoms with van der Waals surface area (Å²) in [6.07, 6.45) is -0.363. The van der Waals surface area contributed by atoms with Crippen LogP contribution in [-0.2, 0) is 12.6 Å². The first-order valence-corrected chi connectivity index (χ1v) is 9.51. The van der Waals surface area contributed by atoms with E-state index >= 15 is 0 Å². The fourth-order valence-electron chi connectivity index (χ4n) is 3.59. The van der Waals surface area contributed by atoms with Crippen LogP contribution < -0.4 is 4.74 Å². The van der Waals surface area contributed by atoms with E-state index in [1.165, 1.54) is 6.07 Å². The number of ether oxygens (including phenoxy) is 1. The maximum atomic E-state index is 13.1. The van der Waals surface area contributed by atoms with Crippen LogP contribution in [0.5, 0.6) is 5.75 Å². The molecule has 0 saturated heterocycles. The van der Waals surface area contributed by atoms with E-state index in [0.29, 0.717) is 23.3 Å². The van der Waals surface area contributed by atoms with Crippen molar-refractivity contribution in [3.8, 4) is 28.3 Å². The predicted molar refractivity (Wildman–Crippen MR) is 110 cm³/mol. The smallest absolute Gasteiger partial charge is 0.416 e. The van der Waals surface area contributed by atoms with Crippen molar-refractivity contribution in [2.24, 2.45) is 0 Å². The molecule has 0 unspecified atom stereocenters. The topological polar surface area (TPSA) is 39.4 Å². The van der Waals surface area contributed by atoms with Gasteiger partial charge in [0.15, 0.2) is 5.65 Å². The Labute approximate surface area is 172 Å². The van der Waals surface area contributed by atoms with Crippen molar-refractivity contribution in [2.75, 3.05) is 7.11 Å². The Morgan fingerprint density at radius 3 is 2.53 bits per heavy atom. The molecule has 0 radical (unpaired) electrons. The van der Waals surface area contributed by atoms with Gasteiger partial charge in [0.1, 0.15) is 5.75 Å². The molecular weight excluding hydrogens is 391 g/mol. The molecule has 4 aromatic rings. The Balaban J connectivity index is 1.89. The van der Waals surface area contributed by atoms with E-state index in [2.05, 4.69) is 9.97 Å². The van der Waals surface area contributed by atoms with Crippen molar-refractivity contribution in [2.45, 2.75) is 26.4 Å². The van der Waals surface area contributed by atoms with E-state index in [-0.39, 0.29) is 0 Å². The van der Waals surface area contributed by atoms with Gasteiger partial charge in [0.05, 0.1) is 36.0 Å². The van der Waals surface area contributed by atoms with Crippen molar-refractivity contribution in [3.63, 3.8) is 0 Å². The zero-order valence-electron chi connectivity index (χ0n) is 16.8. The Hall–Kier alpha value is -3.35. The molecule has 0 amide bonds. The largest absolute Gasteiger partial charge is 0.496 e. The third-order valence-electron chi connectivity index (χ3n) is 5.07. The first-order valence-electron chi connectivity index (χ1n) is 9.51. The van der Waals surface area contributed by atoms with Crippen LogP contribution in [0.2, 0.25) is 0 Å². The summed E-state index contributed by atoms with van der Waals surface area (Å²) in [6.45, 7) is 3.98. The molecule has 154 valence electrons. The normalized spacial score (nSPS) is 11.8. The van der Waals surface area contributed by atoms with Crippen LogP contribution in [0.15, 0.2) is 54.9 Å². The minimum absolute atomic E-state index is 0.398. The van der Waals surface area contributed by atoms with Crippen LogP contribution in [0, 0.1) is 6.92 Å². The number of nitrogens with zero attached hydrogens (tertiary/aromatic N) is 3. The van der Waals surface area contributed by atoms with Gasteiger partial charge in [-0.15, -0.1) is 0 Å². The zero-order chi connectivity index (χ0) is 21.5. The minimum Gasteiger partial charge on any atom is -0.496 e. The molecule has 0 N–H and O–H groups in total. The van der Waals surface area contributed by atoms with Gasteiger partial charge in [0.25, 0.3) is 0 Å². The van der Waals surface area contributed by atoms with Crippen LogP contribution in [0.25, 0.3) is 28.2 Å². The number of hydrogen-bond acceptors (Lipinski definition) is 3. The van der Waals surface area contributed by atoms with Gasteiger partial charge in [-0.3, -0.25) is 9.38 Å². The summed E-state index contributed by atoms with van der Waals surface area (Å²) >= 11 is 0. The number of imidazole rings is 1. The van der Waals surface area contributed by atoms with Crippen molar-refractivity contribution in [1.29, 1.82) is 0 Å². The number of rotatable bonds is 4. The summed E-state index contributed by atoms with van der Waals surface area (Å²) < 4.78 is 46.6. The number of halogens is 3. The molecule has 0 atom stereocenters. The second-order valence-corrected chi connectivity index (χ2v) is 7.02. The molecule has 2 heterocycles. The summed E-state index contributed by atoms with van der Waals surface area (Å²) in [7, 11) is 1.63. The summed E-state index contributed by atoms with van der Waals surface area (Å²) in [4.78, 5) is 9.02. The molecule has 0 spiro atoms. The molecule has 4 nitrogen and oxygen atoms in total. The maximum Gasteiger partial charge on any atom is 0.416 e. The van der Waals surface area contributed by atoms with Crippen LogP contribution in [-0.4, -0.2) is 21.5 Å². The van der Waals surface area contributed by atoms with Gasteiger partial charge in [-0.2, -0.15) is 13.2 Å². The molecule has 0 aliphatic heterocycles. The van der Waals surface area contributed by atoms with Crippen LogP contribution >= 0.6 is 0 Å². The lowest BCUT2D eigenvalue weighted by Gasteiger charge is -2.11. The van der Waals surface area contributed by atoms with E-state index < -0.39 is 11.7 Å². The fraction of sp³-hybridized carbons (Fsp3) is 0.217. The van der Waals surface area contributed by atoms with Gasteiger partial charge >= 0.3 is 6.18 Å².